The number of hydrogen-bond donors (Lipinski definition) is 1. The standard InChI is InChI=1S/C12H15Br2NO/c1-7-3-4-15-11(7)9-5-8(13)6-10(14)12(9)16-2/h5-7,11,15H,3-4H2,1-2H3. The van der Waals surface area contributed by atoms with E-state index in [4.69, 9.17) is 4.74 Å². The molecule has 0 radical (unpaired) electrons. The van der Waals surface area contributed by atoms with E-state index in [0.29, 0.717) is 12.0 Å². The zero-order valence-corrected chi connectivity index (χ0v) is 12.6. The van der Waals surface area contributed by atoms with Crippen molar-refractivity contribution >= 4 is 31.9 Å². The summed E-state index contributed by atoms with van der Waals surface area (Å²) < 4.78 is 7.56. The van der Waals surface area contributed by atoms with E-state index in [1.54, 1.807) is 7.11 Å². The Labute approximate surface area is 113 Å². The fraction of sp³-hybridized carbons (Fsp3) is 0.500. The number of rotatable bonds is 2. The molecule has 88 valence electrons. The quantitative estimate of drug-likeness (QED) is 0.875. The molecule has 1 aliphatic heterocycles. The number of methoxy groups -OCH3 is 1. The van der Waals surface area contributed by atoms with Crippen LogP contribution < -0.4 is 10.1 Å². The van der Waals surface area contributed by atoms with E-state index in [-0.39, 0.29) is 0 Å². The molecule has 0 bridgehead atoms. The molecular weight excluding hydrogens is 334 g/mol. The summed E-state index contributed by atoms with van der Waals surface area (Å²) in [7, 11) is 1.72. The van der Waals surface area contributed by atoms with Crippen LogP contribution in [0.4, 0.5) is 0 Å². The molecule has 4 heteroatoms. The second kappa shape index (κ2) is 5.07. The Morgan fingerprint density at radius 3 is 2.69 bits per heavy atom. The molecule has 16 heavy (non-hydrogen) atoms. The van der Waals surface area contributed by atoms with Crippen molar-refractivity contribution in [2.24, 2.45) is 5.92 Å². The van der Waals surface area contributed by atoms with E-state index in [1.807, 2.05) is 6.07 Å². The Hall–Kier alpha value is -0.0600. The fourth-order valence-corrected chi connectivity index (χ4v) is 3.70. The maximum absolute atomic E-state index is 5.48. The Morgan fingerprint density at radius 1 is 1.38 bits per heavy atom. The van der Waals surface area contributed by atoms with Gasteiger partial charge in [-0.25, -0.2) is 0 Å². The summed E-state index contributed by atoms with van der Waals surface area (Å²) in [5.74, 6) is 1.59. The third-order valence-corrected chi connectivity index (χ3v) is 4.16. The van der Waals surface area contributed by atoms with Crippen LogP contribution in [0.2, 0.25) is 0 Å². The highest BCUT2D eigenvalue weighted by Gasteiger charge is 2.27. The lowest BCUT2D eigenvalue weighted by Crippen LogP contribution is -2.17. The van der Waals surface area contributed by atoms with Gasteiger partial charge >= 0.3 is 0 Å². The summed E-state index contributed by atoms with van der Waals surface area (Å²) in [6.45, 7) is 3.36. The molecule has 0 aliphatic carbocycles. The third-order valence-electron chi connectivity index (χ3n) is 3.11. The first-order valence-corrected chi connectivity index (χ1v) is 6.98. The summed E-state index contributed by atoms with van der Waals surface area (Å²) in [5.41, 5.74) is 1.23. The minimum absolute atomic E-state index is 0.392. The highest BCUT2D eigenvalue weighted by Crippen LogP contribution is 2.40. The molecule has 1 aromatic rings. The molecule has 1 saturated heterocycles. The van der Waals surface area contributed by atoms with Crippen molar-refractivity contribution in [3.8, 4) is 5.75 Å². The van der Waals surface area contributed by atoms with Gasteiger partial charge in [0, 0.05) is 16.1 Å². The van der Waals surface area contributed by atoms with Crippen molar-refractivity contribution < 1.29 is 4.74 Å². The van der Waals surface area contributed by atoms with Gasteiger partial charge in [0.25, 0.3) is 0 Å². The third kappa shape index (κ3) is 2.29. The highest BCUT2D eigenvalue weighted by atomic mass is 79.9. The van der Waals surface area contributed by atoms with Crippen molar-refractivity contribution in [2.45, 2.75) is 19.4 Å². The minimum atomic E-state index is 0.392. The van der Waals surface area contributed by atoms with Crippen LogP contribution >= 0.6 is 31.9 Å². The Kier molecular flexibility index (Phi) is 3.93. The SMILES string of the molecule is COc1c(Br)cc(Br)cc1C1NCCC1C. The summed E-state index contributed by atoms with van der Waals surface area (Å²) in [4.78, 5) is 0. The second-order valence-corrected chi connectivity index (χ2v) is 5.98. The van der Waals surface area contributed by atoms with Crippen molar-refractivity contribution in [3.05, 3.63) is 26.6 Å². The highest BCUT2D eigenvalue weighted by molar-refractivity contribution is 9.11. The summed E-state index contributed by atoms with van der Waals surface area (Å²) in [6, 6.07) is 4.55. The predicted octanol–water partition coefficient (Wildman–Crippen LogP) is 3.89. The molecule has 1 aliphatic rings. The van der Waals surface area contributed by atoms with E-state index in [2.05, 4.69) is 50.2 Å². The van der Waals surface area contributed by atoms with Gasteiger partial charge in [0.2, 0.25) is 0 Å². The predicted molar refractivity (Wildman–Crippen MR) is 72.9 cm³/mol. The van der Waals surface area contributed by atoms with E-state index in [9.17, 15) is 0 Å². The summed E-state index contributed by atoms with van der Waals surface area (Å²) >= 11 is 7.07. The topological polar surface area (TPSA) is 21.3 Å². The van der Waals surface area contributed by atoms with Gasteiger partial charge in [-0.3, -0.25) is 0 Å². The summed E-state index contributed by atoms with van der Waals surface area (Å²) in [6.07, 6.45) is 1.22. The maximum Gasteiger partial charge on any atom is 0.137 e. The van der Waals surface area contributed by atoms with Crippen LogP contribution in [-0.2, 0) is 0 Å². The molecule has 0 aromatic heterocycles. The number of hydrogen-bond acceptors (Lipinski definition) is 2. The molecule has 1 N–H and O–H groups in total. The van der Waals surface area contributed by atoms with Crippen LogP contribution in [0.25, 0.3) is 0 Å². The monoisotopic (exact) mass is 347 g/mol. The second-order valence-electron chi connectivity index (χ2n) is 4.21. The first-order chi connectivity index (χ1) is 7.63. The largest absolute Gasteiger partial charge is 0.495 e. The lowest BCUT2D eigenvalue weighted by atomic mass is 9.95. The molecule has 1 aromatic carbocycles. The fourth-order valence-electron chi connectivity index (χ4n) is 2.28. The van der Waals surface area contributed by atoms with E-state index < -0.39 is 0 Å². The Balaban J connectivity index is 2.45. The van der Waals surface area contributed by atoms with Crippen molar-refractivity contribution in [1.29, 1.82) is 0 Å². The van der Waals surface area contributed by atoms with Crippen LogP contribution in [0.1, 0.15) is 24.9 Å². The van der Waals surface area contributed by atoms with Crippen molar-refractivity contribution in [1.82, 2.24) is 5.32 Å². The van der Waals surface area contributed by atoms with Gasteiger partial charge in [-0.2, -0.15) is 0 Å². The van der Waals surface area contributed by atoms with Gasteiger partial charge in [0.05, 0.1) is 11.6 Å². The van der Waals surface area contributed by atoms with Crippen molar-refractivity contribution in [2.75, 3.05) is 13.7 Å². The number of ether oxygens (including phenoxy) is 1. The Bertz CT molecular complexity index is 395. The van der Waals surface area contributed by atoms with E-state index in [0.717, 1.165) is 21.2 Å². The van der Waals surface area contributed by atoms with E-state index in [1.165, 1.54) is 12.0 Å². The van der Waals surface area contributed by atoms with Gasteiger partial charge in [-0.15, -0.1) is 0 Å². The molecule has 0 spiro atoms. The first kappa shape index (κ1) is 12.4. The zero-order valence-electron chi connectivity index (χ0n) is 9.39. The van der Waals surface area contributed by atoms with Gasteiger partial charge in [-0.05, 0) is 46.9 Å². The van der Waals surface area contributed by atoms with Crippen molar-refractivity contribution in [3.63, 3.8) is 0 Å². The average Bonchev–Trinajstić information content (AvgIpc) is 2.63. The molecule has 2 rings (SSSR count). The summed E-state index contributed by atoms with van der Waals surface area (Å²) in [5, 5.41) is 3.53. The molecule has 2 unspecified atom stereocenters. The van der Waals surface area contributed by atoms with Crippen LogP contribution in [0.15, 0.2) is 21.1 Å². The average molecular weight is 349 g/mol. The minimum Gasteiger partial charge on any atom is -0.495 e. The number of benzene rings is 1. The van der Waals surface area contributed by atoms with Gasteiger partial charge in [-0.1, -0.05) is 22.9 Å². The Morgan fingerprint density at radius 2 is 2.12 bits per heavy atom. The molecule has 2 nitrogen and oxygen atoms in total. The van der Waals surface area contributed by atoms with Gasteiger partial charge in [0.1, 0.15) is 5.75 Å². The smallest absolute Gasteiger partial charge is 0.137 e. The zero-order chi connectivity index (χ0) is 11.7. The molecule has 1 fully saturated rings. The lowest BCUT2D eigenvalue weighted by Gasteiger charge is -2.20. The first-order valence-electron chi connectivity index (χ1n) is 5.39. The molecule has 2 atom stereocenters. The van der Waals surface area contributed by atoms with E-state index >= 15 is 0 Å². The van der Waals surface area contributed by atoms with Gasteiger partial charge < -0.3 is 10.1 Å². The van der Waals surface area contributed by atoms with Crippen LogP contribution in [0.5, 0.6) is 5.75 Å². The van der Waals surface area contributed by atoms with Crippen LogP contribution in [-0.4, -0.2) is 13.7 Å². The molecule has 0 saturated carbocycles. The number of nitrogens with one attached hydrogen (secondary N) is 1. The van der Waals surface area contributed by atoms with Gasteiger partial charge in [0.15, 0.2) is 0 Å². The molecule has 0 amide bonds. The van der Waals surface area contributed by atoms with Crippen LogP contribution in [0, 0.1) is 5.92 Å². The number of halogens is 2. The van der Waals surface area contributed by atoms with Crippen LogP contribution in [0.3, 0.4) is 0 Å². The molecular formula is C12H15Br2NO. The molecule has 1 heterocycles. The maximum atomic E-state index is 5.48. The normalized spacial score (nSPS) is 24.8. The lowest BCUT2D eigenvalue weighted by molar-refractivity contribution is 0.391.